The van der Waals surface area contributed by atoms with E-state index in [4.69, 9.17) is 16.3 Å². The van der Waals surface area contributed by atoms with Crippen LogP contribution >= 0.6 is 23.4 Å². The second kappa shape index (κ2) is 9.89. The molecule has 0 aromatic heterocycles. The maximum absolute atomic E-state index is 12.7. The molecule has 7 nitrogen and oxygen atoms in total. The molecular formula is C24H17ClN2O5S. The van der Waals surface area contributed by atoms with Gasteiger partial charge in [-0.05, 0) is 47.2 Å². The predicted octanol–water partition coefficient (Wildman–Crippen LogP) is 6.06. The number of carbonyl (C=O) groups excluding carboxylic acids is 2. The van der Waals surface area contributed by atoms with E-state index in [1.165, 1.54) is 18.2 Å². The number of ether oxygens (including phenoxy) is 1. The zero-order valence-electron chi connectivity index (χ0n) is 17.1. The van der Waals surface area contributed by atoms with Crippen molar-refractivity contribution in [2.75, 3.05) is 0 Å². The van der Waals surface area contributed by atoms with E-state index in [0.717, 1.165) is 27.8 Å². The number of non-ortho nitro benzene ring substituents is 1. The number of imide groups is 1. The van der Waals surface area contributed by atoms with Crippen LogP contribution in [0, 0.1) is 10.1 Å². The Morgan fingerprint density at radius 2 is 1.79 bits per heavy atom. The molecule has 0 N–H and O–H groups in total. The number of nitro groups is 1. The van der Waals surface area contributed by atoms with E-state index >= 15 is 0 Å². The van der Waals surface area contributed by atoms with Crippen LogP contribution in [0.4, 0.5) is 10.5 Å². The first-order chi connectivity index (χ1) is 15.9. The van der Waals surface area contributed by atoms with Gasteiger partial charge in [0.05, 0.1) is 16.4 Å². The van der Waals surface area contributed by atoms with Crippen molar-refractivity contribution in [3.05, 3.63) is 110 Å². The zero-order valence-corrected chi connectivity index (χ0v) is 18.7. The maximum atomic E-state index is 12.7. The molecule has 0 atom stereocenters. The molecule has 9 heteroatoms. The molecule has 1 fully saturated rings. The van der Waals surface area contributed by atoms with E-state index in [-0.39, 0.29) is 17.1 Å². The van der Waals surface area contributed by atoms with Gasteiger partial charge in [0.2, 0.25) is 0 Å². The molecule has 3 aromatic rings. The van der Waals surface area contributed by atoms with E-state index < -0.39 is 16.1 Å². The molecule has 166 valence electrons. The molecule has 1 aliphatic rings. The largest absolute Gasteiger partial charge is 0.489 e. The number of hydrogen-bond acceptors (Lipinski definition) is 6. The van der Waals surface area contributed by atoms with E-state index in [1.54, 1.807) is 42.5 Å². The Morgan fingerprint density at radius 1 is 1.03 bits per heavy atom. The second-order valence-corrected chi connectivity index (χ2v) is 8.54. The van der Waals surface area contributed by atoms with Crippen LogP contribution in [0.3, 0.4) is 0 Å². The minimum atomic E-state index is -0.515. The second-order valence-electron chi connectivity index (χ2n) is 7.14. The van der Waals surface area contributed by atoms with Gasteiger partial charge in [-0.1, -0.05) is 54.1 Å². The molecule has 1 heterocycles. The first-order valence-electron chi connectivity index (χ1n) is 9.86. The van der Waals surface area contributed by atoms with Crippen molar-refractivity contribution in [2.45, 2.75) is 13.2 Å². The number of nitro benzene ring substituents is 1. The SMILES string of the molecule is O=C1S/C(=C/c2ccc(OCc3ccccc3Cl)cc2)C(=O)N1Cc1cccc([N+](=O)[O-])c1. The molecule has 0 radical (unpaired) electrons. The van der Waals surface area contributed by atoms with Gasteiger partial charge in [0, 0.05) is 22.7 Å². The zero-order chi connectivity index (χ0) is 23.4. The summed E-state index contributed by atoms with van der Waals surface area (Å²) in [5, 5.41) is 11.2. The number of hydrogen-bond donors (Lipinski definition) is 0. The summed E-state index contributed by atoms with van der Waals surface area (Å²) >= 11 is 6.98. The van der Waals surface area contributed by atoms with Gasteiger partial charge in [0.15, 0.2) is 0 Å². The van der Waals surface area contributed by atoms with Gasteiger partial charge in [-0.3, -0.25) is 24.6 Å². The van der Waals surface area contributed by atoms with Crippen molar-refractivity contribution >= 4 is 46.3 Å². The molecule has 2 amide bonds. The highest BCUT2D eigenvalue weighted by Crippen LogP contribution is 2.34. The lowest BCUT2D eigenvalue weighted by Gasteiger charge is -2.12. The van der Waals surface area contributed by atoms with Crippen molar-refractivity contribution in [1.29, 1.82) is 0 Å². The maximum Gasteiger partial charge on any atom is 0.293 e. The van der Waals surface area contributed by atoms with Crippen molar-refractivity contribution in [3.63, 3.8) is 0 Å². The van der Waals surface area contributed by atoms with Crippen molar-refractivity contribution in [2.24, 2.45) is 0 Å². The van der Waals surface area contributed by atoms with E-state index in [9.17, 15) is 19.7 Å². The minimum absolute atomic E-state index is 0.0293. The molecule has 0 aliphatic carbocycles. The number of carbonyl (C=O) groups is 2. The number of thioether (sulfide) groups is 1. The lowest BCUT2D eigenvalue weighted by molar-refractivity contribution is -0.384. The Bertz CT molecular complexity index is 1260. The standard InChI is InChI=1S/C24H17ClN2O5S/c25-21-7-2-1-5-18(21)15-32-20-10-8-16(9-11-20)13-22-23(28)26(24(29)33-22)14-17-4-3-6-19(12-17)27(30)31/h1-13H,14-15H2/b22-13+. The Morgan fingerprint density at radius 3 is 2.52 bits per heavy atom. The van der Waals surface area contributed by atoms with Gasteiger partial charge >= 0.3 is 0 Å². The van der Waals surface area contributed by atoms with Crippen LogP contribution in [0.1, 0.15) is 16.7 Å². The Balaban J connectivity index is 1.42. The van der Waals surface area contributed by atoms with Crippen molar-refractivity contribution in [3.8, 4) is 5.75 Å². The summed E-state index contributed by atoms with van der Waals surface area (Å²) in [5.41, 5.74) is 2.03. The van der Waals surface area contributed by atoms with Gasteiger partial charge in [0.1, 0.15) is 12.4 Å². The molecule has 1 saturated heterocycles. The molecule has 3 aromatic carbocycles. The fraction of sp³-hybridized carbons (Fsp3) is 0.0833. The smallest absolute Gasteiger partial charge is 0.293 e. The number of benzene rings is 3. The predicted molar refractivity (Wildman–Crippen MR) is 127 cm³/mol. The highest BCUT2D eigenvalue weighted by atomic mass is 35.5. The number of halogens is 1. The van der Waals surface area contributed by atoms with Gasteiger partial charge in [-0.2, -0.15) is 0 Å². The number of nitrogens with zero attached hydrogens (tertiary/aromatic N) is 2. The van der Waals surface area contributed by atoms with Gasteiger partial charge < -0.3 is 4.74 Å². The Hall–Kier alpha value is -3.62. The van der Waals surface area contributed by atoms with E-state index in [0.29, 0.717) is 22.9 Å². The first-order valence-corrected chi connectivity index (χ1v) is 11.0. The van der Waals surface area contributed by atoms with Crippen LogP contribution in [-0.2, 0) is 17.9 Å². The third-order valence-electron chi connectivity index (χ3n) is 4.87. The fourth-order valence-electron chi connectivity index (χ4n) is 3.18. The van der Waals surface area contributed by atoms with E-state index in [2.05, 4.69) is 0 Å². The van der Waals surface area contributed by atoms with E-state index in [1.807, 2.05) is 18.2 Å². The molecule has 0 spiro atoms. The summed E-state index contributed by atoms with van der Waals surface area (Å²) in [6, 6.07) is 20.4. The lowest BCUT2D eigenvalue weighted by atomic mass is 10.2. The fourth-order valence-corrected chi connectivity index (χ4v) is 4.20. The highest BCUT2D eigenvalue weighted by Gasteiger charge is 2.35. The average molecular weight is 481 g/mol. The van der Waals surface area contributed by atoms with Crippen LogP contribution < -0.4 is 4.74 Å². The summed E-state index contributed by atoms with van der Waals surface area (Å²) < 4.78 is 5.76. The lowest BCUT2D eigenvalue weighted by Crippen LogP contribution is -2.27. The molecule has 0 saturated carbocycles. The molecule has 0 bridgehead atoms. The molecule has 1 aliphatic heterocycles. The summed E-state index contributed by atoms with van der Waals surface area (Å²) in [6.45, 7) is 0.300. The third-order valence-corrected chi connectivity index (χ3v) is 6.14. The van der Waals surface area contributed by atoms with Crippen molar-refractivity contribution < 1.29 is 19.2 Å². The molecule has 4 rings (SSSR count). The van der Waals surface area contributed by atoms with Crippen LogP contribution in [0.2, 0.25) is 5.02 Å². The monoisotopic (exact) mass is 480 g/mol. The first kappa shape index (κ1) is 22.6. The Kier molecular flexibility index (Phi) is 6.76. The Labute approximate surface area is 198 Å². The molecular weight excluding hydrogens is 464 g/mol. The normalized spacial score (nSPS) is 14.7. The topological polar surface area (TPSA) is 89.8 Å². The summed E-state index contributed by atoms with van der Waals surface area (Å²) in [4.78, 5) is 36.9. The van der Waals surface area contributed by atoms with Crippen LogP contribution in [0.15, 0.2) is 77.7 Å². The molecule has 33 heavy (non-hydrogen) atoms. The van der Waals surface area contributed by atoms with Crippen LogP contribution in [0.5, 0.6) is 5.75 Å². The van der Waals surface area contributed by atoms with Crippen LogP contribution in [-0.4, -0.2) is 21.0 Å². The quantitative estimate of drug-likeness (QED) is 0.232. The molecule has 0 unspecified atom stereocenters. The minimum Gasteiger partial charge on any atom is -0.489 e. The van der Waals surface area contributed by atoms with Gasteiger partial charge in [-0.25, -0.2) is 0 Å². The summed E-state index contributed by atoms with van der Waals surface area (Å²) in [5.74, 6) is 0.210. The van der Waals surface area contributed by atoms with Gasteiger partial charge in [-0.15, -0.1) is 0 Å². The summed E-state index contributed by atoms with van der Waals surface area (Å²) in [7, 11) is 0. The van der Waals surface area contributed by atoms with Crippen LogP contribution in [0.25, 0.3) is 6.08 Å². The average Bonchev–Trinajstić information content (AvgIpc) is 3.07. The van der Waals surface area contributed by atoms with Crippen molar-refractivity contribution in [1.82, 2.24) is 4.90 Å². The third kappa shape index (κ3) is 5.42. The number of rotatable bonds is 7. The highest BCUT2D eigenvalue weighted by molar-refractivity contribution is 8.18. The summed E-state index contributed by atoms with van der Waals surface area (Å²) in [6.07, 6.45) is 1.64. The van der Waals surface area contributed by atoms with Gasteiger partial charge in [0.25, 0.3) is 16.8 Å². The number of amides is 2.